The lowest BCUT2D eigenvalue weighted by atomic mass is 9.75. The number of amides is 1. The van der Waals surface area contributed by atoms with Crippen LogP contribution >= 0.6 is 12.2 Å². The Morgan fingerprint density at radius 2 is 1.97 bits per heavy atom. The number of hydrogen-bond donors (Lipinski definition) is 1. The molecule has 0 atom stereocenters. The van der Waals surface area contributed by atoms with Gasteiger partial charge < -0.3 is 14.6 Å². The summed E-state index contributed by atoms with van der Waals surface area (Å²) in [5.74, 6) is -0.402. The summed E-state index contributed by atoms with van der Waals surface area (Å²) in [6, 6.07) is 9.66. The molecule has 2 fully saturated rings. The highest BCUT2D eigenvalue weighted by Gasteiger charge is 2.59. The van der Waals surface area contributed by atoms with Gasteiger partial charge in [-0.1, -0.05) is 0 Å². The number of thiocarbonyl (C=S) groups is 1. The van der Waals surface area contributed by atoms with E-state index in [1.165, 1.54) is 6.07 Å². The molecule has 174 valence electrons. The number of nitrogens with zero attached hydrogens (tertiary/aromatic N) is 5. The van der Waals surface area contributed by atoms with E-state index < -0.39 is 28.9 Å². The zero-order valence-corrected chi connectivity index (χ0v) is 18.5. The summed E-state index contributed by atoms with van der Waals surface area (Å²) >= 11 is 5.64. The third kappa shape index (κ3) is 3.17. The monoisotopic (exact) mass is 485 g/mol. The van der Waals surface area contributed by atoms with Gasteiger partial charge in [-0.25, -0.2) is 4.98 Å². The van der Waals surface area contributed by atoms with Crippen molar-refractivity contribution >= 4 is 45.5 Å². The first-order valence-electron chi connectivity index (χ1n) is 10.6. The van der Waals surface area contributed by atoms with Crippen LogP contribution in [0.2, 0.25) is 0 Å². The maximum Gasteiger partial charge on any atom is 0.419 e. The lowest BCUT2D eigenvalue weighted by Gasteiger charge is -2.43. The Kier molecular flexibility index (Phi) is 5.11. The van der Waals surface area contributed by atoms with Crippen LogP contribution in [0.5, 0.6) is 0 Å². The van der Waals surface area contributed by atoms with E-state index in [9.17, 15) is 23.1 Å². The number of carbonyl (C=O) groups is 1. The number of aromatic nitrogens is 2. The number of alkyl halides is 3. The summed E-state index contributed by atoms with van der Waals surface area (Å²) in [5.41, 5.74) is -1.50. The van der Waals surface area contributed by atoms with E-state index in [0.717, 1.165) is 34.5 Å². The van der Waals surface area contributed by atoms with Crippen LogP contribution in [0.3, 0.4) is 0 Å². The Morgan fingerprint density at radius 3 is 2.59 bits per heavy atom. The van der Waals surface area contributed by atoms with Gasteiger partial charge in [-0.05, 0) is 61.8 Å². The first-order chi connectivity index (χ1) is 16.2. The van der Waals surface area contributed by atoms with Crippen molar-refractivity contribution in [3.8, 4) is 6.07 Å². The van der Waals surface area contributed by atoms with Crippen molar-refractivity contribution in [2.75, 3.05) is 16.4 Å². The van der Waals surface area contributed by atoms with Crippen LogP contribution in [0.1, 0.15) is 30.5 Å². The molecule has 5 rings (SSSR count). The van der Waals surface area contributed by atoms with Crippen LogP contribution < -0.4 is 9.80 Å². The van der Waals surface area contributed by atoms with Crippen molar-refractivity contribution in [1.29, 1.82) is 5.26 Å². The summed E-state index contributed by atoms with van der Waals surface area (Å²) in [6.45, 7) is 0.432. The van der Waals surface area contributed by atoms with Crippen molar-refractivity contribution in [3.63, 3.8) is 0 Å². The largest absolute Gasteiger partial charge is 0.419 e. The van der Waals surface area contributed by atoms with Crippen LogP contribution in [0.4, 0.5) is 24.5 Å². The van der Waals surface area contributed by atoms with Gasteiger partial charge in [0.1, 0.15) is 11.6 Å². The summed E-state index contributed by atoms with van der Waals surface area (Å²) in [5, 5.41) is 19.2. The van der Waals surface area contributed by atoms with Crippen LogP contribution in [-0.4, -0.2) is 37.8 Å². The third-order valence-electron chi connectivity index (χ3n) is 6.49. The smallest absolute Gasteiger partial charge is 0.395 e. The topological polar surface area (TPSA) is 85.4 Å². The highest BCUT2D eigenvalue weighted by atomic mass is 32.1. The zero-order chi connectivity index (χ0) is 24.3. The SMILES string of the molecule is N#Cc1ncc(N2C(=O)C3(CCC3)N(c3ccc4c(ccn4CCO)c3)C2=S)cc1C(F)(F)F. The fourth-order valence-electron chi connectivity index (χ4n) is 4.72. The highest BCUT2D eigenvalue weighted by Crippen LogP contribution is 2.48. The van der Waals surface area contributed by atoms with Crippen LogP contribution in [-0.2, 0) is 17.5 Å². The highest BCUT2D eigenvalue weighted by molar-refractivity contribution is 7.81. The number of halogens is 3. The second-order valence-corrected chi connectivity index (χ2v) is 8.68. The molecule has 11 heteroatoms. The number of aliphatic hydroxyl groups excluding tert-OH is 1. The maximum atomic E-state index is 13.6. The van der Waals surface area contributed by atoms with Gasteiger partial charge in [0.15, 0.2) is 10.8 Å². The molecule has 1 amide bonds. The predicted octanol–water partition coefficient (Wildman–Crippen LogP) is 3.98. The molecule has 7 nitrogen and oxygen atoms in total. The molecule has 3 aromatic rings. The third-order valence-corrected chi connectivity index (χ3v) is 6.85. The van der Waals surface area contributed by atoms with E-state index in [4.69, 9.17) is 17.5 Å². The maximum absolute atomic E-state index is 13.6. The number of fused-ring (bicyclic) bond motifs is 1. The van der Waals surface area contributed by atoms with Gasteiger partial charge in [-0.15, -0.1) is 0 Å². The molecule has 1 aromatic carbocycles. The molecule has 1 spiro atoms. The average Bonchev–Trinajstić information content (AvgIpc) is 3.28. The molecule has 3 heterocycles. The first-order valence-corrected chi connectivity index (χ1v) is 11.0. The molecule has 34 heavy (non-hydrogen) atoms. The van der Waals surface area contributed by atoms with Gasteiger partial charge in [0.25, 0.3) is 5.91 Å². The Labute approximate surface area is 197 Å². The number of benzene rings is 1. The summed E-state index contributed by atoms with van der Waals surface area (Å²) < 4.78 is 42.5. The van der Waals surface area contributed by atoms with E-state index in [2.05, 4.69) is 4.98 Å². The van der Waals surface area contributed by atoms with Gasteiger partial charge >= 0.3 is 6.18 Å². The van der Waals surface area contributed by atoms with Crippen LogP contribution in [0.15, 0.2) is 42.7 Å². The van der Waals surface area contributed by atoms with Gasteiger partial charge in [-0.2, -0.15) is 18.4 Å². The van der Waals surface area contributed by atoms with Crippen molar-refractivity contribution in [3.05, 3.63) is 54.0 Å². The first kappa shape index (κ1) is 22.3. The molecular weight excluding hydrogens is 467 g/mol. The average molecular weight is 485 g/mol. The number of hydrogen-bond acceptors (Lipinski definition) is 5. The fourth-order valence-corrected chi connectivity index (χ4v) is 5.19. The zero-order valence-electron chi connectivity index (χ0n) is 17.7. The number of carbonyl (C=O) groups excluding carboxylic acids is 1. The van der Waals surface area contributed by atoms with E-state index in [1.807, 2.05) is 35.0 Å². The van der Waals surface area contributed by atoms with E-state index >= 15 is 0 Å². The second kappa shape index (κ2) is 7.78. The van der Waals surface area contributed by atoms with Crippen molar-refractivity contribution in [2.45, 2.75) is 37.5 Å². The summed E-state index contributed by atoms with van der Waals surface area (Å²) in [4.78, 5) is 20.0. The Morgan fingerprint density at radius 1 is 1.21 bits per heavy atom. The Bertz CT molecular complexity index is 1370. The number of pyridine rings is 1. The normalized spacial score (nSPS) is 17.5. The molecule has 1 saturated heterocycles. The van der Waals surface area contributed by atoms with Gasteiger partial charge in [0, 0.05) is 29.3 Å². The number of nitriles is 1. The molecule has 2 aliphatic rings. The van der Waals surface area contributed by atoms with Gasteiger partial charge in [-0.3, -0.25) is 9.69 Å². The van der Waals surface area contributed by atoms with E-state index in [1.54, 1.807) is 4.90 Å². The fraction of sp³-hybridized carbons (Fsp3) is 0.304. The molecule has 2 aromatic heterocycles. The molecule has 0 bridgehead atoms. The second-order valence-electron chi connectivity index (χ2n) is 8.32. The number of rotatable bonds is 4. The minimum absolute atomic E-state index is 0.00709. The molecular formula is C23H18F3N5O2S. The molecule has 1 saturated carbocycles. The predicted molar refractivity (Wildman–Crippen MR) is 122 cm³/mol. The van der Waals surface area contributed by atoms with E-state index in [-0.39, 0.29) is 17.4 Å². The van der Waals surface area contributed by atoms with Crippen LogP contribution in [0, 0.1) is 11.3 Å². The van der Waals surface area contributed by atoms with Crippen molar-refractivity contribution in [1.82, 2.24) is 9.55 Å². The molecule has 1 N–H and O–H groups in total. The minimum Gasteiger partial charge on any atom is -0.395 e. The molecule has 1 aliphatic heterocycles. The Hall–Kier alpha value is -3.49. The quantitative estimate of drug-likeness (QED) is 0.563. The van der Waals surface area contributed by atoms with Crippen LogP contribution in [0.25, 0.3) is 10.9 Å². The lowest BCUT2D eigenvalue weighted by Crippen LogP contribution is -2.55. The van der Waals surface area contributed by atoms with Crippen molar-refractivity contribution in [2.24, 2.45) is 0 Å². The summed E-state index contributed by atoms with van der Waals surface area (Å²) in [6.07, 6.45) is -0.0628. The van der Waals surface area contributed by atoms with Gasteiger partial charge in [0.05, 0.1) is 24.1 Å². The standard InChI is InChI=1S/C23H18F3N5O2S/c24-23(25,26)17-11-16(13-28-18(17)12-27)30-20(33)22(5-1-6-22)31(21(30)34)15-2-3-19-14(10-15)4-7-29(19)8-9-32/h2-4,7,10-11,13,32H,1,5-6,8-9H2. The van der Waals surface area contributed by atoms with E-state index in [0.29, 0.717) is 25.1 Å². The number of aliphatic hydroxyl groups is 1. The van der Waals surface area contributed by atoms with Crippen molar-refractivity contribution < 1.29 is 23.1 Å². The number of anilines is 2. The molecule has 1 aliphatic carbocycles. The Balaban J connectivity index is 1.59. The van der Waals surface area contributed by atoms with Gasteiger partial charge in [0.2, 0.25) is 0 Å². The molecule has 0 unspecified atom stereocenters. The summed E-state index contributed by atoms with van der Waals surface area (Å²) in [7, 11) is 0. The molecule has 0 radical (unpaired) electrons. The lowest BCUT2D eigenvalue weighted by molar-refractivity contribution is -0.138. The minimum atomic E-state index is -4.81.